The predicted molar refractivity (Wildman–Crippen MR) is 71.4 cm³/mol. The van der Waals surface area contributed by atoms with Crippen LogP contribution in [0.15, 0.2) is 12.1 Å². The highest BCUT2D eigenvalue weighted by atomic mass is 127. The summed E-state index contributed by atoms with van der Waals surface area (Å²) in [6.07, 6.45) is 0. The van der Waals surface area contributed by atoms with Crippen molar-refractivity contribution in [1.29, 1.82) is 0 Å². The zero-order chi connectivity index (χ0) is 12.1. The van der Waals surface area contributed by atoms with Gasteiger partial charge in [0.25, 0.3) is 0 Å². The number of pyridine rings is 1. The van der Waals surface area contributed by atoms with Gasteiger partial charge in [0.05, 0.1) is 18.2 Å². The molecule has 1 rings (SSSR count). The van der Waals surface area contributed by atoms with Gasteiger partial charge in [-0.3, -0.25) is 4.79 Å². The molecule has 0 bridgehead atoms. The van der Waals surface area contributed by atoms with Crippen LogP contribution in [0.1, 0.15) is 12.6 Å². The lowest BCUT2D eigenvalue weighted by atomic mass is 10.2. The van der Waals surface area contributed by atoms with Crippen LogP contribution < -0.4 is 5.32 Å². The molecular formula is C11H15IN2O2. The maximum atomic E-state index is 11.7. The Labute approximate surface area is 109 Å². The molecule has 1 aromatic heterocycles. The van der Waals surface area contributed by atoms with Gasteiger partial charge in [0.15, 0.2) is 0 Å². The summed E-state index contributed by atoms with van der Waals surface area (Å²) in [5.74, 6) is 0.340. The highest BCUT2D eigenvalue weighted by Gasteiger charge is 2.13. The van der Waals surface area contributed by atoms with Gasteiger partial charge in [-0.25, -0.2) is 4.98 Å². The number of aromatic nitrogens is 1. The fraction of sp³-hybridized carbons (Fsp3) is 0.455. The zero-order valence-corrected chi connectivity index (χ0v) is 11.7. The molecule has 1 amide bonds. The van der Waals surface area contributed by atoms with E-state index in [4.69, 9.17) is 4.74 Å². The summed E-state index contributed by atoms with van der Waals surface area (Å²) >= 11 is 2.21. The van der Waals surface area contributed by atoms with Crippen molar-refractivity contribution < 1.29 is 9.53 Å². The molecule has 88 valence electrons. The fourth-order valence-corrected chi connectivity index (χ4v) is 1.49. The number of carbonyl (C=O) groups excluding carboxylic acids is 1. The molecule has 1 atom stereocenters. The SMILES string of the molecule is COC[C@@H](C)C(=O)Nc1ccc(I)c(C)n1. The summed E-state index contributed by atoms with van der Waals surface area (Å²) in [4.78, 5) is 15.9. The van der Waals surface area contributed by atoms with E-state index in [0.717, 1.165) is 9.26 Å². The van der Waals surface area contributed by atoms with Gasteiger partial charge < -0.3 is 10.1 Å². The average Bonchev–Trinajstić information content (AvgIpc) is 2.24. The normalized spacial score (nSPS) is 12.2. The third-order valence-electron chi connectivity index (χ3n) is 2.14. The second-order valence-corrected chi connectivity index (χ2v) is 4.77. The molecule has 0 saturated carbocycles. The van der Waals surface area contributed by atoms with Crippen molar-refractivity contribution in [3.63, 3.8) is 0 Å². The maximum absolute atomic E-state index is 11.7. The van der Waals surface area contributed by atoms with E-state index < -0.39 is 0 Å². The van der Waals surface area contributed by atoms with Crippen LogP contribution in [-0.4, -0.2) is 24.6 Å². The number of nitrogens with zero attached hydrogens (tertiary/aromatic N) is 1. The molecule has 0 saturated heterocycles. The first-order valence-corrected chi connectivity index (χ1v) is 6.05. The van der Waals surface area contributed by atoms with E-state index >= 15 is 0 Å². The van der Waals surface area contributed by atoms with E-state index in [1.54, 1.807) is 13.2 Å². The number of halogens is 1. The number of nitrogens with one attached hydrogen (secondary N) is 1. The smallest absolute Gasteiger partial charge is 0.230 e. The van der Waals surface area contributed by atoms with Crippen LogP contribution in [-0.2, 0) is 9.53 Å². The van der Waals surface area contributed by atoms with Crippen molar-refractivity contribution in [2.45, 2.75) is 13.8 Å². The predicted octanol–water partition coefficient (Wildman–Crippen LogP) is 2.22. The number of anilines is 1. The van der Waals surface area contributed by atoms with Gasteiger partial charge in [0.2, 0.25) is 5.91 Å². The molecule has 16 heavy (non-hydrogen) atoms. The molecule has 1 N–H and O–H groups in total. The quantitative estimate of drug-likeness (QED) is 0.859. The lowest BCUT2D eigenvalue weighted by Crippen LogP contribution is -2.24. The van der Waals surface area contributed by atoms with Crippen molar-refractivity contribution in [3.05, 3.63) is 21.4 Å². The molecule has 0 aromatic carbocycles. The molecule has 0 spiro atoms. The van der Waals surface area contributed by atoms with E-state index in [1.165, 1.54) is 0 Å². The number of amides is 1. The minimum Gasteiger partial charge on any atom is -0.384 e. The van der Waals surface area contributed by atoms with Gasteiger partial charge in [-0.05, 0) is 41.6 Å². The molecule has 0 aliphatic heterocycles. The molecule has 0 radical (unpaired) electrons. The van der Waals surface area contributed by atoms with Crippen LogP contribution in [0.2, 0.25) is 0 Å². The first-order valence-electron chi connectivity index (χ1n) is 4.97. The Kier molecular flexibility index (Phi) is 5.14. The van der Waals surface area contributed by atoms with Crippen LogP contribution in [0.5, 0.6) is 0 Å². The molecule has 1 heterocycles. The van der Waals surface area contributed by atoms with Crippen LogP contribution >= 0.6 is 22.6 Å². The van der Waals surface area contributed by atoms with Gasteiger partial charge >= 0.3 is 0 Å². The Hall–Kier alpha value is -0.690. The molecular weight excluding hydrogens is 319 g/mol. The van der Waals surface area contributed by atoms with Crippen LogP contribution in [0.4, 0.5) is 5.82 Å². The highest BCUT2D eigenvalue weighted by molar-refractivity contribution is 14.1. The summed E-state index contributed by atoms with van der Waals surface area (Å²) < 4.78 is 6.01. The summed E-state index contributed by atoms with van der Waals surface area (Å²) in [5.41, 5.74) is 0.915. The summed E-state index contributed by atoms with van der Waals surface area (Å²) in [5, 5.41) is 2.76. The lowest BCUT2D eigenvalue weighted by molar-refractivity contribution is -0.120. The number of aryl methyl sites for hydroxylation is 1. The number of hydrogen-bond acceptors (Lipinski definition) is 3. The number of ether oxygens (including phenoxy) is 1. The van der Waals surface area contributed by atoms with Crippen molar-refractivity contribution in [2.75, 3.05) is 19.0 Å². The molecule has 1 aromatic rings. The topological polar surface area (TPSA) is 51.2 Å². The molecule has 4 nitrogen and oxygen atoms in total. The third-order valence-corrected chi connectivity index (χ3v) is 3.28. The largest absolute Gasteiger partial charge is 0.384 e. The Bertz CT molecular complexity index is 382. The van der Waals surface area contributed by atoms with Crippen molar-refractivity contribution in [1.82, 2.24) is 4.98 Å². The number of carbonyl (C=O) groups is 1. The fourth-order valence-electron chi connectivity index (χ4n) is 1.19. The molecule has 0 fully saturated rings. The van der Waals surface area contributed by atoms with Crippen molar-refractivity contribution >= 4 is 34.3 Å². The Morgan fingerprint density at radius 3 is 2.88 bits per heavy atom. The van der Waals surface area contributed by atoms with E-state index in [0.29, 0.717) is 12.4 Å². The number of methoxy groups -OCH3 is 1. The molecule has 0 aliphatic carbocycles. The van der Waals surface area contributed by atoms with Crippen LogP contribution in [0.25, 0.3) is 0 Å². The number of rotatable bonds is 4. The minimum atomic E-state index is -0.175. The van der Waals surface area contributed by atoms with Gasteiger partial charge in [-0.15, -0.1) is 0 Å². The van der Waals surface area contributed by atoms with Crippen molar-refractivity contribution in [3.8, 4) is 0 Å². The van der Waals surface area contributed by atoms with Gasteiger partial charge in [-0.2, -0.15) is 0 Å². The highest BCUT2D eigenvalue weighted by Crippen LogP contribution is 2.13. The third kappa shape index (κ3) is 3.71. The first kappa shape index (κ1) is 13.4. The summed E-state index contributed by atoms with van der Waals surface area (Å²) in [6.45, 7) is 4.14. The van der Waals surface area contributed by atoms with Crippen LogP contribution in [0, 0.1) is 16.4 Å². The molecule has 0 unspecified atom stereocenters. The van der Waals surface area contributed by atoms with E-state index in [1.807, 2.05) is 19.9 Å². The van der Waals surface area contributed by atoms with Gasteiger partial charge in [-0.1, -0.05) is 6.92 Å². The monoisotopic (exact) mass is 334 g/mol. The van der Waals surface area contributed by atoms with Gasteiger partial charge in [0.1, 0.15) is 5.82 Å². The summed E-state index contributed by atoms with van der Waals surface area (Å²) in [6, 6.07) is 3.73. The number of hydrogen-bond donors (Lipinski definition) is 1. The van der Waals surface area contributed by atoms with E-state index in [2.05, 4.69) is 32.9 Å². The zero-order valence-electron chi connectivity index (χ0n) is 9.58. The van der Waals surface area contributed by atoms with E-state index in [9.17, 15) is 4.79 Å². The Morgan fingerprint density at radius 1 is 1.62 bits per heavy atom. The van der Waals surface area contributed by atoms with Gasteiger partial charge in [0, 0.05) is 10.7 Å². The second kappa shape index (κ2) is 6.15. The summed E-state index contributed by atoms with van der Waals surface area (Å²) in [7, 11) is 1.58. The Balaban J connectivity index is 2.66. The van der Waals surface area contributed by atoms with E-state index in [-0.39, 0.29) is 11.8 Å². The van der Waals surface area contributed by atoms with Crippen LogP contribution in [0.3, 0.4) is 0 Å². The molecule has 0 aliphatic rings. The minimum absolute atomic E-state index is 0.0741. The second-order valence-electron chi connectivity index (χ2n) is 3.61. The maximum Gasteiger partial charge on any atom is 0.230 e. The standard InChI is InChI=1S/C11H15IN2O2/c1-7(6-16-3)11(15)14-10-5-4-9(12)8(2)13-10/h4-5,7H,6H2,1-3H3,(H,13,14,15)/t7-/m1/s1. The molecule has 5 heteroatoms. The first-order chi connectivity index (χ1) is 7.54. The van der Waals surface area contributed by atoms with Crippen molar-refractivity contribution in [2.24, 2.45) is 5.92 Å². The lowest BCUT2D eigenvalue weighted by Gasteiger charge is -2.11. The average molecular weight is 334 g/mol. The Morgan fingerprint density at radius 2 is 2.31 bits per heavy atom.